The number of benzene rings is 2. The number of urea groups is 1. The van der Waals surface area contributed by atoms with Crippen LogP contribution in [0.15, 0.2) is 54.6 Å². The maximum Gasteiger partial charge on any atom is 0.318 e. The number of carbonyl (C=O) groups excluding carboxylic acids is 1. The third-order valence-electron chi connectivity index (χ3n) is 4.68. The van der Waals surface area contributed by atoms with Gasteiger partial charge in [0.1, 0.15) is 0 Å². The molecular weight excluding hydrogens is 326 g/mol. The van der Waals surface area contributed by atoms with Crippen molar-refractivity contribution in [3.63, 3.8) is 0 Å². The van der Waals surface area contributed by atoms with Crippen LogP contribution < -0.4 is 5.32 Å². The first kappa shape index (κ1) is 18.0. The molecule has 5 nitrogen and oxygen atoms in total. The Kier molecular flexibility index (Phi) is 5.55. The third kappa shape index (κ3) is 4.41. The standard InChI is InChI=1S/C21H23N3O2/c1-15(17-9-7-16(13-22)8-10-17)23-21(26)24(19-11-12-19)14-20(25)18-5-3-2-4-6-18/h2-10,15,19-20,25H,11-12,14H2,1H3,(H,23,26). The maximum absolute atomic E-state index is 12.7. The molecule has 2 aromatic rings. The van der Waals surface area contributed by atoms with Gasteiger partial charge >= 0.3 is 6.03 Å². The summed E-state index contributed by atoms with van der Waals surface area (Å²) in [7, 11) is 0. The number of hydrogen-bond donors (Lipinski definition) is 2. The molecule has 1 aliphatic carbocycles. The van der Waals surface area contributed by atoms with E-state index in [0.29, 0.717) is 5.56 Å². The highest BCUT2D eigenvalue weighted by Gasteiger charge is 2.34. The highest BCUT2D eigenvalue weighted by molar-refractivity contribution is 5.75. The van der Waals surface area contributed by atoms with Gasteiger partial charge in [0.05, 0.1) is 30.3 Å². The number of carbonyl (C=O) groups is 1. The third-order valence-corrected chi connectivity index (χ3v) is 4.68. The molecule has 0 heterocycles. The molecule has 2 amide bonds. The Labute approximate surface area is 153 Å². The number of nitrogens with one attached hydrogen (secondary N) is 1. The molecule has 3 rings (SSSR count). The van der Waals surface area contributed by atoms with Crippen LogP contribution >= 0.6 is 0 Å². The van der Waals surface area contributed by atoms with Crippen molar-refractivity contribution in [3.8, 4) is 6.07 Å². The molecule has 2 atom stereocenters. The highest BCUT2D eigenvalue weighted by atomic mass is 16.3. The van der Waals surface area contributed by atoms with Gasteiger partial charge in [-0.1, -0.05) is 42.5 Å². The normalized spacial score (nSPS) is 15.6. The van der Waals surface area contributed by atoms with E-state index < -0.39 is 6.10 Å². The topological polar surface area (TPSA) is 76.4 Å². The Hall–Kier alpha value is -2.84. The molecule has 5 heteroatoms. The van der Waals surface area contributed by atoms with Gasteiger partial charge in [-0.05, 0) is 43.0 Å². The molecule has 0 saturated heterocycles. The fraction of sp³-hybridized carbons (Fsp3) is 0.333. The van der Waals surface area contributed by atoms with Crippen molar-refractivity contribution < 1.29 is 9.90 Å². The van der Waals surface area contributed by atoms with E-state index in [0.717, 1.165) is 24.0 Å². The van der Waals surface area contributed by atoms with Crippen LogP contribution in [0.1, 0.15) is 48.6 Å². The second kappa shape index (κ2) is 8.03. The van der Waals surface area contributed by atoms with Gasteiger partial charge in [0, 0.05) is 6.04 Å². The zero-order chi connectivity index (χ0) is 18.5. The van der Waals surface area contributed by atoms with Crippen LogP contribution in [0.4, 0.5) is 4.79 Å². The summed E-state index contributed by atoms with van der Waals surface area (Å²) >= 11 is 0. The SMILES string of the molecule is CC(NC(=O)N(CC(O)c1ccccc1)C1CC1)c1ccc(C#N)cc1. The molecule has 2 unspecified atom stereocenters. The van der Waals surface area contributed by atoms with Crippen LogP contribution in [0.3, 0.4) is 0 Å². The summed E-state index contributed by atoms with van der Waals surface area (Å²) in [5.41, 5.74) is 2.35. The summed E-state index contributed by atoms with van der Waals surface area (Å²) in [5.74, 6) is 0. The predicted molar refractivity (Wildman–Crippen MR) is 99.2 cm³/mol. The van der Waals surface area contributed by atoms with Gasteiger partial charge in [-0.3, -0.25) is 0 Å². The minimum absolute atomic E-state index is 0.167. The molecule has 1 saturated carbocycles. The lowest BCUT2D eigenvalue weighted by Crippen LogP contribution is -2.44. The van der Waals surface area contributed by atoms with Crippen molar-refractivity contribution >= 4 is 6.03 Å². The van der Waals surface area contributed by atoms with Gasteiger partial charge in [0.2, 0.25) is 0 Å². The van der Waals surface area contributed by atoms with Crippen LogP contribution in [0.2, 0.25) is 0 Å². The molecule has 2 aromatic carbocycles. The van der Waals surface area contributed by atoms with Crippen LogP contribution in [0.5, 0.6) is 0 Å². The predicted octanol–water partition coefficient (Wildman–Crippen LogP) is 3.53. The number of aliphatic hydroxyl groups is 1. The maximum atomic E-state index is 12.7. The number of aliphatic hydroxyl groups excluding tert-OH is 1. The van der Waals surface area contributed by atoms with Gasteiger partial charge in [-0.2, -0.15) is 5.26 Å². The Bertz CT molecular complexity index is 779. The van der Waals surface area contributed by atoms with E-state index in [4.69, 9.17) is 5.26 Å². The van der Waals surface area contributed by atoms with E-state index >= 15 is 0 Å². The Morgan fingerprint density at radius 3 is 2.42 bits per heavy atom. The number of nitriles is 1. The lowest BCUT2D eigenvalue weighted by molar-refractivity contribution is 0.117. The van der Waals surface area contributed by atoms with E-state index in [1.807, 2.05) is 49.4 Å². The zero-order valence-electron chi connectivity index (χ0n) is 14.8. The Morgan fingerprint density at radius 2 is 1.85 bits per heavy atom. The fourth-order valence-electron chi connectivity index (χ4n) is 2.95. The van der Waals surface area contributed by atoms with Crippen molar-refractivity contribution in [2.24, 2.45) is 0 Å². The summed E-state index contributed by atoms with van der Waals surface area (Å²) < 4.78 is 0. The monoisotopic (exact) mass is 349 g/mol. The molecule has 0 aromatic heterocycles. The summed E-state index contributed by atoms with van der Waals surface area (Å²) in [4.78, 5) is 14.5. The molecule has 1 aliphatic rings. The van der Waals surface area contributed by atoms with Gasteiger partial charge in [0.15, 0.2) is 0 Å². The average Bonchev–Trinajstić information content (AvgIpc) is 3.51. The van der Waals surface area contributed by atoms with Crippen molar-refractivity contribution in [3.05, 3.63) is 71.3 Å². The van der Waals surface area contributed by atoms with Crippen molar-refractivity contribution in [1.29, 1.82) is 5.26 Å². The molecule has 134 valence electrons. The molecular formula is C21H23N3O2. The number of nitrogens with zero attached hydrogens (tertiary/aromatic N) is 2. The molecule has 0 radical (unpaired) electrons. The smallest absolute Gasteiger partial charge is 0.318 e. The molecule has 2 N–H and O–H groups in total. The van der Waals surface area contributed by atoms with E-state index in [1.165, 1.54) is 0 Å². The number of hydrogen-bond acceptors (Lipinski definition) is 3. The Morgan fingerprint density at radius 1 is 1.19 bits per heavy atom. The second-order valence-corrected chi connectivity index (χ2v) is 6.72. The number of rotatable bonds is 6. The minimum Gasteiger partial charge on any atom is -0.387 e. The summed E-state index contributed by atoms with van der Waals surface area (Å²) in [6, 6.07) is 18.5. The lowest BCUT2D eigenvalue weighted by Gasteiger charge is -2.27. The fourth-order valence-corrected chi connectivity index (χ4v) is 2.95. The molecule has 1 fully saturated rings. The van der Waals surface area contributed by atoms with E-state index in [9.17, 15) is 9.90 Å². The summed E-state index contributed by atoms with van der Waals surface area (Å²) in [5, 5.41) is 22.4. The van der Waals surface area contributed by atoms with Crippen molar-refractivity contribution in [2.75, 3.05) is 6.54 Å². The van der Waals surface area contributed by atoms with Crippen LogP contribution in [0.25, 0.3) is 0 Å². The largest absolute Gasteiger partial charge is 0.387 e. The first-order chi connectivity index (χ1) is 12.6. The number of amides is 2. The average molecular weight is 349 g/mol. The molecule has 26 heavy (non-hydrogen) atoms. The van der Waals surface area contributed by atoms with E-state index in [2.05, 4.69) is 11.4 Å². The van der Waals surface area contributed by atoms with Crippen molar-refractivity contribution in [2.45, 2.75) is 38.0 Å². The second-order valence-electron chi connectivity index (χ2n) is 6.72. The Balaban J connectivity index is 1.64. The lowest BCUT2D eigenvalue weighted by atomic mass is 10.1. The van der Waals surface area contributed by atoms with Crippen LogP contribution in [-0.4, -0.2) is 28.6 Å². The summed E-state index contributed by atoms with van der Waals surface area (Å²) in [6.07, 6.45) is 1.24. The molecule has 0 aliphatic heterocycles. The van der Waals surface area contributed by atoms with E-state index in [1.54, 1.807) is 17.0 Å². The van der Waals surface area contributed by atoms with E-state index in [-0.39, 0.29) is 24.7 Å². The van der Waals surface area contributed by atoms with Gasteiger partial charge in [-0.25, -0.2) is 4.79 Å². The van der Waals surface area contributed by atoms with Gasteiger partial charge in [-0.15, -0.1) is 0 Å². The van der Waals surface area contributed by atoms with Gasteiger partial charge < -0.3 is 15.3 Å². The molecule has 0 bridgehead atoms. The van der Waals surface area contributed by atoms with Crippen LogP contribution in [0, 0.1) is 11.3 Å². The zero-order valence-corrected chi connectivity index (χ0v) is 14.8. The minimum atomic E-state index is -0.701. The highest BCUT2D eigenvalue weighted by Crippen LogP contribution is 2.29. The first-order valence-electron chi connectivity index (χ1n) is 8.88. The summed E-state index contributed by atoms with van der Waals surface area (Å²) in [6.45, 7) is 2.19. The first-order valence-corrected chi connectivity index (χ1v) is 8.88. The van der Waals surface area contributed by atoms with Gasteiger partial charge in [0.25, 0.3) is 0 Å². The van der Waals surface area contributed by atoms with Crippen LogP contribution in [-0.2, 0) is 0 Å². The van der Waals surface area contributed by atoms with Crippen molar-refractivity contribution in [1.82, 2.24) is 10.2 Å². The quantitative estimate of drug-likeness (QED) is 0.838. The molecule has 0 spiro atoms.